The molecule has 0 fully saturated rings. The van der Waals surface area contributed by atoms with Crippen molar-refractivity contribution in [2.75, 3.05) is 26.1 Å². The third-order valence-corrected chi connectivity index (χ3v) is 4.06. The number of nitrogens with one attached hydrogen (secondary N) is 1. The zero-order chi connectivity index (χ0) is 20.8. The van der Waals surface area contributed by atoms with E-state index in [0.29, 0.717) is 10.8 Å². The third kappa shape index (κ3) is 5.23. The van der Waals surface area contributed by atoms with Crippen LogP contribution in [0.5, 0.6) is 5.75 Å². The van der Waals surface area contributed by atoms with Crippen molar-refractivity contribution in [1.29, 1.82) is 0 Å². The van der Waals surface area contributed by atoms with Gasteiger partial charge < -0.3 is 19.5 Å². The number of carbonyl (C=O) groups excluding carboxylic acids is 3. The molecule has 28 heavy (non-hydrogen) atoms. The standard InChI is InChI=1S/C20H20ClNO6/c1-11-5-12(2)18(16(21)6-11)28-10-17(23)22-15-8-13(19(24)26-3)7-14(9-15)20(25)27-4/h5-9H,10H2,1-4H3,(H,22,23). The van der Waals surface area contributed by atoms with Gasteiger partial charge >= 0.3 is 11.9 Å². The molecule has 2 aromatic rings. The van der Waals surface area contributed by atoms with Crippen LogP contribution < -0.4 is 10.1 Å². The van der Waals surface area contributed by atoms with Gasteiger partial charge in [0.1, 0.15) is 5.75 Å². The first-order valence-electron chi connectivity index (χ1n) is 8.26. The second kappa shape index (κ2) is 9.23. The predicted molar refractivity (Wildman–Crippen MR) is 104 cm³/mol. The Morgan fingerprint density at radius 2 is 1.50 bits per heavy atom. The van der Waals surface area contributed by atoms with E-state index in [2.05, 4.69) is 14.8 Å². The van der Waals surface area contributed by atoms with Crippen LogP contribution in [0.25, 0.3) is 0 Å². The number of rotatable bonds is 6. The lowest BCUT2D eigenvalue weighted by molar-refractivity contribution is -0.118. The first kappa shape index (κ1) is 21.2. The number of benzene rings is 2. The van der Waals surface area contributed by atoms with Crippen molar-refractivity contribution in [2.45, 2.75) is 13.8 Å². The molecular weight excluding hydrogens is 386 g/mol. The molecule has 0 saturated carbocycles. The smallest absolute Gasteiger partial charge is 0.337 e. The van der Waals surface area contributed by atoms with E-state index in [4.69, 9.17) is 16.3 Å². The van der Waals surface area contributed by atoms with Crippen molar-refractivity contribution in [3.05, 3.63) is 57.6 Å². The van der Waals surface area contributed by atoms with Gasteiger partial charge in [-0.2, -0.15) is 0 Å². The Hall–Kier alpha value is -3.06. The summed E-state index contributed by atoms with van der Waals surface area (Å²) in [5.74, 6) is -1.38. The molecule has 8 heteroatoms. The van der Waals surface area contributed by atoms with Crippen LogP contribution >= 0.6 is 11.6 Å². The average Bonchev–Trinajstić information content (AvgIpc) is 2.65. The highest BCUT2D eigenvalue weighted by Gasteiger charge is 2.16. The number of esters is 2. The van der Waals surface area contributed by atoms with Crippen molar-refractivity contribution in [2.24, 2.45) is 0 Å². The first-order chi connectivity index (χ1) is 13.2. The van der Waals surface area contributed by atoms with Crippen LogP contribution in [0.15, 0.2) is 30.3 Å². The summed E-state index contributed by atoms with van der Waals surface area (Å²) in [6, 6.07) is 7.73. The Labute approximate surface area is 167 Å². The lowest BCUT2D eigenvalue weighted by Gasteiger charge is -2.13. The largest absolute Gasteiger partial charge is 0.482 e. The second-order valence-corrected chi connectivity index (χ2v) is 6.42. The highest BCUT2D eigenvalue weighted by atomic mass is 35.5. The quantitative estimate of drug-likeness (QED) is 0.739. The maximum Gasteiger partial charge on any atom is 0.337 e. The highest BCUT2D eigenvalue weighted by Crippen LogP contribution is 2.29. The molecule has 0 heterocycles. The molecule has 0 atom stereocenters. The number of ether oxygens (including phenoxy) is 3. The molecule has 1 N–H and O–H groups in total. The molecule has 0 spiro atoms. The maximum atomic E-state index is 12.3. The summed E-state index contributed by atoms with van der Waals surface area (Å²) in [7, 11) is 2.43. The number of anilines is 1. The lowest BCUT2D eigenvalue weighted by Crippen LogP contribution is -2.21. The van der Waals surface area contributed by atoms with Crippen molar-refractivity contribution in [1.82, 2.24) is 0 Å². The van der Waals surface area contributed by atoms with E-state index in [1.807, 2.05) is 19.9 Å². The summed E-state index contributed by atoms with van der Waals surface area (Å²) in [6.07, 6.45) is 0. The van der Waals surface area contributed by atoms with Gasteiger partial charge in [-0.3, -0.25) is 4.79 Å². The highest BCUT2D eigenvalue weighted by molar-refractivity contribution is 6.32. The van der Waals surface area contributed by atoms with Gasteiger partial charge in [-0.15, -0.1) is 0 Å². The van der Waals surface area contributed by atoms with Crippen LogP contribution in [-0.2, 0) is 14.3 Å². The van der Waals surface area contributed by atoms with E-state index in [-0.39, 0.29) is 23.4 Å². The molecule has 0 aliphatic carbocycles. The summed E-state index contributed by atoms with van der Waals surface area (Å²) in [4.78, 5) is 35.9. The van der Waals surface area contributed by atoms with E-state index in [0.717, 1.165) is 11.1 Å². The predicted octanol–water partition coefficient (Wildman–Crippen LogP) is 3.55. The van der Waals surface area contributed by atoms with Gasteiger partial charge in [0, 0.05) is 5.69 Å². The first-order valence-corrected chi connectivity index (χ1v) is 8.64. The van der Waals surface area contributed by atoms with E-state index < -0.39 is 17.8 Å². The zero-order valence-corrected chi connectivity index (χ0v) is 16.7. The normalized spacial score (nSPS) is 10.2. The van der Waals surface area contributed by atoms with Crippen LogP contribution in [0.3, 0.4) is 0 Å². The topological polar surface area (TPSA) is 90.9 Å². The average molecular weight is 406 g/mol. The SMILES string of the molecule is COC(=O)c1cc(NC(=O)COc2c(C)cc(C)cc2Cl)cc(C(=O)OC)c1. The molecular formula is C20H20ClNO6. The van der Waals surface area contributed by atoms with E-state index in [1.165, 1.54) is 32.4 Å². The van der Waals surface area contributed by atoms with Crippen molar-refractivity contribution in [3.63, 3.8) is 0 Å². The van der Waals surface area contributed by atoms with Gasteiger partial charge in [0.15, 0.2) is 6.61 Å². The molecule has 0 aliphatic heterocycles. The number of hydrogen-bond acceptors (Lipinski definition) is 6. The van der Waals surface area contributed by atoms with Crippen LogP contribution in [0.1, 0.15) is 31.8 Å². The summed E-state index contributed by atoms with van der Waals surface area (Å²) in [6.45, 7) is 3.43. The molecule has 148 valence electrons. The molecule has 0 aliphatic rings. The molecule has 2 rings (SSSR count). The fourth-order valence-electron chi connectivity index (χ4n) is 2.59. The van der Waals surface area contributed by atoms with Gasteiger partial charge in [-0.1, -0.05) is 17.7 Å². The second-order valence-electron chi connectivity index (χ2n) is 6.01. The van der Waals surface area contributed by atoms with Crippen LogP contribution in [0.4, 0.5) is 5.69 Å². The number of aryl methyl sites for hydroxylation is 2. The fraction of sp³-hybridized carbons (Fsp3) is 0.250. The lowest BCUT2D eigenvalue weighted by atomic mass is 10.1. The molecule has 0 saturated heterocycles. The van der Waals surface area contributed by atoms with Crippen LogP contribution in [0.2, 0.25) is 5.02 Å². The number of halogens is 1. The molecule has 0 bridgehead atoms. The van der Waals surface area contributed by atoms with Crippen LogP contribution in [-0.4, -0.2) is 38.7 Å². The molecule has 0 radical (unpaired) electrons. The van der Waals surface area contributed by atoms with Crippen molar-refractivity contribution in [3.8, 4) is 5.75 Å². The van der Waals surface area contributed by atoms with Gasteiger partial charge in [0.25, 0.3) is 5.91 Å². The van der Waals surface area contributed by atoms with E-state index >= 15 is 0 Å². The van der Waals surface area contributed by atoms with E-state index in [9.17, 15) is 14.4 Å². The van der Waals surface area contributed by atoms with Gasteiger partial charge in [-0.25, -0.2) is 9.59 Å². The third-order valence-electron chi connectivity index (χ3n) is 3.78. The Morgan fingerprint density at radius 1 is 0.929 bits per heavy atom. The summed E-state index contributed by atoms with van der Waals surface area (Å²) < 4.78 is 14.9. The summed E-state index contributed by atoms with van der Waals surface area (Å²) in [5, 5.41) is 2.99. The molecule has 0 aromatic heterocycles. The van der Waals surface area contributed by atoms with Crippen molar-refractivity contribution < 1.29 is 28.6 Å². The Morgan fingerprint density at radius 3 is 2.00 bits per heavy atom. The zero-order valence-electron chi connectivity index (χ0n) is 15.9. The molecule has 0 unspecified atom stereocenters. The number of hydrogen-bond donors (Lipinski definition) is 1. The monoisotopic (exact) mass is 405 g/mol. The van der Waals surface area contributed by atoms with Crippen molar-refractivity contribution >= 4 is 35.1 Å². The minimum absolute atomic E-state index is 0.0963. The summed E-state index contributed by atoms with van der Waals surface area (Å²) in [5.41, 5.74) is 2.20. The minimum atomic E-state index is -0.653. The minimum Gasteiger partial charge on any atom is -0.482 e. The van der Waals surface area contributed by atoms with Crippen LogP contribution in [0, 0.1) is 13.8 Å². The number of amides is 1. The molecule has 1 amide bonds. The van der Waals surface area contributed by atoms with Gasteiger partial charge in [-0.05, 0) is 49.2 Å². The fourth-order valence-corrected chi connectivity index (χ4v) is 2.97. The number of carbonyl (C=O) groups is 3. The summed E-state index contributed by atoms with van der Waals surface area (Å²) >= 11 is 6.16. The maximum absolute atomic E-state index is 12.3. The Kier molecular flexibility index (Phi) is 7.00. The van der Waals surface area contributed by atoms with Gasteiger partial charge in [0.05, 0.1) is 30.4 Å². The molecule has 7 nitrogen and oxygen atoms in total. The van der Waals surface area contributed by atoms with E-state index in [1.54, 1.807) is 6.07 Å². The Bertz CT molecular complexity index is 868. The Balaban J connectivity index is 2.17. The van der Waals surface area contributed by atoms with Gasteiger partial charge in [0.2, 0.25) is 0 Å². The molecule has 2 aromatic carbocycles. The number of methoxy groups -OCH3 is 2.